The van der Waals surface area contributed by atoms with Crippen molar-refractivity contribution in [3.8, 4) is 17.2 Å². The lowest BCUT2D eigenvalue weighted by molar-refractivity contribution is -0.116. The van der Waals surface area contributed by atoms with Crippen LogP contribution in [0.15, 0.2) is 18.2 Å². The number of morpholine rings is 1. The molecule has 0 atom stereocenters. The average molecular weight is 350 g/mol. The number of carbonyl (C=O) groups is 1. The highest BCUT2D eigenvalue weighted by Crippen LogP contribution is 2.40. The van der Waals surface area contributed by atoms with Gasteiger partial charge in [-0.3, -0.25) is 9.69 Å². The van der Waals surface area contributed by atoms with E-state index < -0.39 is 0 Å². The standard InChI is InChI=1S/C18H26N2O5/c1-22-15-6-4-14(17(23-2)18(15)24-3)5-7-16(21)19-8-9-20-10-12-25-13-11-20/h4-7H,8-13H2,1-3H3,(H,19,21)/b7-5+. The van der Waals surface area contributed by atoms with E-state index in [0.29, 0.717) is 23.8 Å². The molecule has 1 N–H and O–H groups in total. The number of nitrogens with zero attached hydrogens (tertiary/aromatic N) is 1. The summed E-state index contributed by atoms with van der Waals surface area (Å²) in [5.41, 5.74) is 0.739. The van der Waals surface area contributed by atoms with Gasteiger partial charge in [0.15, 0.2) is 11.5 Å². The second kappa shape index (κ2) is 9.90. The molecule has 7 heteroatoms. The van der Waals surface area contributed by atoms with Gasteiger partial charge in [0, 0.05) is 37.8 Å². The molecule has 0 aliphatic carbocycles. The summed E-state index contributed by atoms with van der Waals surface area (Å²) in [4.78, 5) is 14.3. The molecule has 7 nitrogen and oxygen atoms in total. The molecule has 1 aromatic rings. The average Bonchev–Trinajstić information content (AvgIpc) is 2.66. The van der Waals surface area contributed by atoms with Gasteiger partial charge in [-0.15, -0.1) is 0 Å². The van der Waals surface area contributed by atoms with Crippen LogP contribution in [0, 0.1) is 0 Å². The van der Waals surface area contributed by atoms with Crippen LogP contribution in [-0.2, 0) is 9.53 Å². The molecule has 1 fully saturated rings. The molecule has 0 radical (unpaired) electrons. The normalized spacial score (nSPS) is 15.2. The Balaban J connectivity index is 1.92. The highest BCUT2D eigenvalue weighted by atomic mass is 16.5. The van der Waals surface area contributed by atoms with E-state index in [1.807, 2.05) is 6.07 Å². The fourth-order valence-electron chi connectivity index (χ4n) is 2.64. The van der Waals surface area contributed by atoms with Gasteiger partial charge in [0.05, 0.1) is 34.5 Å². The molecule has 1 aliphatic rings. The van der Waals surface area contributed by atoms with Crippen molar-refractivity contribution in [1.29, 1.82) is 0 Å². The van der Waals surface area contributed by atoms with Crippen molar-refractivity contribution in [3.63, 3.8) is 0 Å². The third-order valence-electron chi connectivity index (χ3n) is 3.98. The predicted molar refractivity (Wildman–Crippen MR) is 95.4 cm³/mol. The number of benzene rings is 1. The van der Waals surface area contributed by atoms with Gasteiger partial charge in [-0.05, 0) is 18.2 Å². The molecule has 1 saturated heterocycles. The van der Waals surface area contributed by atoms with Crippen molar-refractivity contribution < 1.29 is 23.7 Å². The summed E-state index contributed by atoms with van der Waals surface area (Å²) >= 11 is 0. The highest BCUT2D eigenvalue weighted by molar-refractivity contribution is 5.92. The van der Waals surface area contributed by atoms with Crippen molar-refractivity contribution in [1.82, 2.24) is 10.2 Å². The third-order valence-corrected chi connectivity index (χ3v) is 3.98. The van der Waals surface area contributed by atoms with Gasteiger partial charge >= 0.3 is 0 Å². The first-order chi connectivity index (χ1) is 12.2. The van der Waals surface area contributed by atoms with Gasteiger partial charge in [0.2, 0.25) is 11.7 Å². The van der Waals surface area contributed by atoms with Crippen LogP contribution in [0.1, 0.15) is 5.56 Å². The minimum absolute atomic E-state index is 0.148. The Labute approximate surface area is 148 Å². The number of carbonyl (C=O) groups excluding carboxylic acids is 1. The summed E-state index contributed by atoms with van der Waals surface area (Å²) in [7, 11) is 4.66. The number of hydrogen-bond acceptors (Lipinski definition) is 6. The zero-order valence-electron chi connectivity index (χ0n) is 15.0. The van der Waals surface area contributed by atoms with Crippen LogP contribution in [0.3, 0.4) is 0 Å². The summed E-state index contributed by atoms with van der Waals surface area (Å²) in [6.07, 6.45) is 3.19. The van der Waals surface area contributed by atoms with E-state index in [4.69, 9.17) is 18.9 Å². The molecule has 0 unspecified atom stereocenters. The summed E-state index contributed by atoms with van der Waals surface area (Å²) < 4.78 is 21.3. The number of rotatable bonds is 8. The smallest absolute Gasteiger partial charge is 0.244 e. The molecule has 2 rings (SSSR count). The van der Waals surface area contributed by atoms with Crippen LogP contribution in [0.2, 0.25) is 0 Å². The van der Waals surface area contributed by atoms with Crippen LogP contribution in [0.25, 0.3) is 6.08 Å². The molecule has 1 aromatic carbocycles. The second-order valence-electron chi connectivity index (χ2n) is 5.50. The predicted octanol–water partition coefficient (Wildman–Crippen LogP) is 1.17. The fourth-order valence-corrected chi connectivity index (χ4v) is 2.64. The zero-order valence-corrected chi connectivity index (χ0v) is 15.0. The van der Waals surface area contributed by atoms with E-state index in [2.05, 4.69) is 10.2 Å². The van der Waals surface area contributed by atoms with E-state index in [9.17, 15) is 4.79 Å². The van der Waals surface area contributed by atoms with Gasteiger partial charge in [-0.1, -0.05) is 0 Å². The SMILES string of the molecule is COc1ccc(/C=C/C(=O)NCCN2CCOCC2)c(OC)c1OC. The topological polar surface area (TPSA) is 69.3 Å². The van der Waals surface area contributed by atoms with Gasteiger partial charge < -0.3 is 24.3 Å². The third kappa shape index (κ3) is 5.37. The maximum absolute atomic E-state index is 12.0. The van der Waals surface area contributed by atoms with Crippen LogP contribution in [0.4, 0.5) is 0 Å². The Morgan fingerprint density at radius 1 is 1.16 bits per heavy atom. The van der Waals surface area contributed by atoms with Crippen molar-refractivity contribution in [2.75, 3.05) is 60.7 Å². The van der Waals surface area contributed by atoms with Gasteiger partial charge in [0.1, 0.15) is 0 Å². The monoisotopic (exact) mass is 350 g/mol. The molecule has 1 heterocycles. The minimum atomic E-state index is -0.148. The summed E-state index contributed by atoms with van der Waals surface area (Å²) in [5, 5.41) is 2.88. The Kier molecular flexibility index (Phi) is 7.56. The Morgan fingerprint density at radius 3 is 2.52 bits per heavy atom. The highest BCUT2D eigenvalue weighted by Gasteiger charge is 2.14. The first-order valence-corrected chi connectivity index (χ1v) is 8.24. The zero-order chi connectivity index (χ0) is 18.1. The maximum atomic E-state index is 12.0. The Hall–Kier alpha value is -2.25. The maximum Gasteiger partial charge on any atom is 0.244 e. The van der Waals surface area contributed by atoms with Crippen molar-refractivity contribution in [3.05, 3.63) is 23.8 Å². The largest absolute Gasteiger partial charge is 0.493 e. The molecular formula is C18H26N2O5. The minimum Gasteiger partial charge on any atom is -0.493 e. The molecule has 25 heavy (non-hydrogen) atoms. The van der Waals surface area contributed by atoms with Crippen LogP contribution in [-0.4, -0.2) is 71.5 Å². The number of nitrogens with one attached hydrogen (secondary N) is 1. The number of hydrogen-bond donors (Lipinski definition) is 1. The van der Waals surface area contributed by atoms with Crippen molar-refractivity contribution in [2.45, 2.75) is 0 Å². The Morgan fingerprint density at radius 2 is 1.88 bits per heavy atom. The van der Waals surface area contributed by atoms with Crippen LogP contribution in [0.5, 0.6) is 17.2 Å². The lowest BCUT2D eigenvalue weighted by atomic mass is 10.1. The van der Waals surface area contributed by atoms with Crippen LogP contribution < -0.4 is 19.5 Å². The summed E-state index contributed by atoms with van der Waals surface area (Å²) in [5.74, 6) is 1.45. The molecule has 138 valence electrons. The Bertz CT molecular complexity index is 597. The molecule has 1 amide bonds. The number of amides is 1. The van der Waals surface area contributed by atoms with E-state index in [1.54, 1.807) is 33.5 Å². The molecular weight excluding hydrogens is 324 g/mol. The molecule has 1 aliphatic heterocycles. The van der Waals surface area contributed by atoms with Crippen molar-refractivity contribution in [2.24, 2.45) is 0 Å². The fraction of sp³-hybridized carbons (Fsp3) is 0.500. The molecule has 0 saturated carbocycles. The van der Waals surface area contributed by atoms with E-state index in [1.165, 1.54) is 6.08 Å². The van der Waals surface area contributed by atoms with E-state index in [0.717, 1.165) is 38.4 Å². The quantitative estimate of drug-likeness (QED) is 0.710. The first kappa shape index (κ1) is 19.1. The lowest BCUT2D eigenvalue weighted by Gasteiger charge is -2.26. The van der Waals surface area contributed by atoms with Crippen LogP contribution >= 0.6 is 0 Å². The van der Waals surface area contributed by atoms with Gasteiger partial charge in [-0.25, -0.2) is 0 Å². The lowest BCUT2D eigenvalue weighted by Crippen LogP contribution is -2.41. The molecule has 0 bridgehead atoms. The molecule has 0 spiro atoms. The first-order valence-electron chi connectivity index (χ1n) is 8.24. The number of ether oxygens (including phenoxy) is 4. The van der Waals surface area contributed by atoms with Gasteiger partial charge in [-0.2, -0.15) is 0 Å². The number of methoxy groups -OCH3 is 3. The molecule has 0 aromatic heterocycles. The van der Waals surface area contributed by atoms with Crippen molar-refractivity contribution >= 4 is 12.0 Å². The van der Waals surface area contributed by atoms with E-state index in [-0.39, 0.29) is 5.91 Å². The second-order valence-corrected chi connectivity index (χ2v) is 5.50. The van der Waals surface area contributed by atoms with Gasteiger partial charge in [0.25, 0.3) is 0 Å². The summed E-state index contributed by atoms with van der Waals surface area (Å²) in [6.45, 7) is 4.76. The van der Waals surface area contributed by atoms with E-state index >= 15 is 0 Å². The summed E-state index contributed by atoms with van der Waals surface area (Å²) in [6, 6.07) is 3.59.